The number of nitrogens with two attached hydrogens (primary N) is 1. The van der Waals surface area contributed by atoms with E-state index in [1.165, 1.54) is 25.7 Å². The molecule has 2 bridgehead atoms. The molecule has 2 amide bonds. The summed E-state index contributed by atoms with van der Waals surface area (Å²) in [5, 5.41) is 0. The molecule has 0 aromatic heterocycles. The van der Waals surface area contributed by atoms with Crippen LogP contribution < -0.4 is 5.73 Å². The molecule has 2 atom stereocenters. The van der Waals surface area contributed by atoms with Gasteiger partial charge < -0.3 is 10.6 Å². The van der Waals surface area contributed by atoms with E-state index in [1.807, 2.05) is 4.90 Å². The topological polar surface area (TPSA) is 46.3 Å². The molecule has 1 heterocycles. The molecule has 3 nitrogen and oxygen atoms in total. The molecule has 1 saturated carbocycles. The lowest BCUT2D eigenvalue weighted by Crippen LogP contribution is -2.47. The number of carbonyl (C=O) groups is 1. The van der Waals surface area contributed by atoms with Gasteiger partial charge in [0.2, 0.25) is 0 Å². The third-order valence-electron chi connectivity index (χ3n) is 3.87. The smallest absolute Gasteiger partial charge is 0.314 e. The van der Waals surface area contributed by atoms with Crippen LogP contribution in [0, 0.1) is 11.3 Å². The van der Waals surface area contributed by atoms with E-state index >= 15 is 0 Å². The number of piperidine rings is 1. The summed E-state index contributed by atoms with van der Waals surface area (Å²) >= 11 is 0. The summed E-state index contributed by atoms with van der Waals surface area (Å²) in [7, 11) is 0. The van der Waals surface area contributed by atoms with Crippen molar-refractivity contribution in [2.45, 2.75) is 32.6 Å². The summed E-state index contributed by atoms with van der Waals surface area (Å²) in [6.07, 6.45) is 5.08. The molecule has 0 radical (unpaired) electrons. The van der Waals surface area contributed by atoms with Gasteiger partial charge in [-0.05, 0) is 37.0 Å². The number of carbonyl (C=O) groups excluding carboxylic acids is 1. The Balaban J connectivity index is 2.12. The number of primary amides is 1. The maximum Gasteiger partial charge on any atom is 0.314 e. The van der Waals surface area contributed by atoms with E-state index in [-0.39, 0.29) is 6.03 Å². The van der Waals surface area contributed by atoms with Gasteiger partial charge in [0.1, 0.15) is 0 Å². The number of urea groups is 1. The van der Waals surface area contributed by atoms with Crippen LogP contribution in [0.25, 0.3) is 0 Å². The second-order valence-corrected chi connectivity index (χ2v) is 4.68. The van der Waals surface area contributed by atoms with Crippen LogP contribution in [-0.4, -0.2) is 24.0 Å². The molecule has 0 aromatic carbocycles. The average Bonchev–Trinajstić information content (AvgIpc) is 2.42. The van der Waals surface area contributed by atoms with Gasteiger partial charge in [-0.3, -0.25) is 0 Å². The Bertz CT molecular complexity index is 229. The van der Waals surface area contributed by atoms with E-state index in [0.29, 0.717) is 5.41 Å². The first-order valence-corrected chi connectivity index (χ1v) is 5.19. The monoisotopic (exact) mass is 182 g/mol. The van der Waals surface area contributed by atoms with E-state index < -0.39 is 0 Å². The number of likely N-dealkylation sites (tertiary alicyclic amines) is 1. The molecule has 1 aliphatic heterocycles. The van der Waals surface area contributed by atoms with Gasteiger partial charge in [0.05, 0.1) is 0 Å². The molecule has 1 saturated heterocycles. The van der Waals surface area contributed by atoms with E-state index in [0.717, 1.165) is 19.0 Å². The lowest BCUT2D eigenvalue weighted by Gasteiger charge is -2.39. The third kappa shape index (κ3) is 1.40. The molecule has 2 rings (SSSR count). The van der Waals surface area contributed by atoms with Crippen LogP contribution in [0.1, 0.15) is 32.6 Å². The maximum atomic E-state index is 11.1. The van der Waals surface area contributed by atoms with Crippen molar-refractivity contribution >= 4 is 6.03 Å². The fourth-order valence-corrected chi connectivity index (χ4v) is 3.01. The zero-order valence-electron chi connectivity index (χ0n) is 8.25. The summed E-state index contributed by atoms with van der Waals surface area (Å²) in [6, 6.07) is -0.232. The number of nitrogens with zero attached hydrogens (tertiary/aromatic N) is 1. The quantitative estimate of drug-likeness (QED) is 0.657. The first-order chi connectivity index (χ1) is 6.15. The molecule has 2 fully saturated rings. The molecule has 1 aliphatic carbocycles. The summed E-state index contributed by atoms with van der Waals surface area (Å²) in [5.41, 5.74) is 5.73. The van der Waals surface area contributed by atoms with Crippen LogP contribution in [0.15, 0.2) is 0 Å². The molecule has 0 spiro atoms. The highest BCUT2D eigenvalue weighted by Crippen LogP contribution is 2.48. The van der Waals surface area contributed by atoms with Crippen LogP contribution in [0.5, 0.6) is 0 Å². The van der Waals surface area contributed by atoms with Crippen molar-refractivity contribution in [3.05, 3.63) is 0 Å². The molecular formula is C10H18N2O. The SMILES string of the molecule is CCC12CCC(CN(C(N)=O)C1)C2. The fourth-order valence-electron chi connectivity index (χ4n) is 3.01. The Hall–Kier alpha value is -0.730. The molecule has 0 aromatic rings. The summed E-state index contributed by atoms with van der Waals surface area (Å²) in [4.78, 5) is 12.9. The standard InChI is InChI=1S/C10H18N2O/c1-2-10-4-3-8(5-10)6-12(7-10)9(11)13/h8H,2-7H2,1H3,(H2,11,13). The molecular weight excluding hydrogens is 164 g/mol. The van der Waals surface area contributed by atoms with Gasteiger partial charge in [-0.25, -0.2) is 4.79 Å². The molecule has 74 valence electrons. The van der Waals surface area contributed by atoms with Crippen molar-refractivity contribution in [3.8, 4) is 0 Å². The van der Waals surface area contributed by atoms with Gasteiger partial charge in [0, 0.05) is 13.1 Å². The Morgan fingerprint density at radius 2 is 2.46 bits per heavy atom. The Morgan fingerprint density at radius 1 is 1.69 bits per heavy atom. The molecule has 2 unspecified atom stereocenters. The zero-order valence-corrected chi connectivity index (χ0v) is 8.25. The number of rotatable bonds is 1. The summed E-state index contributed by atoms with van der Waals surface area (Å²) < 4.78 is 0. The maximum absolute atomic E-state index is 11.1. The molecule has 2 N–H and O–H groups in total. The highest BCUT2D eigenvalue weighted by molar-refractivity contribution is 5.72. The van der Waals surface area contributed by atoms with E-state index in [1.54, 1.807) is 0 Å². The molecule has 3 heteroatoms. The number of hydrogen-bond donors (Lipinski definition) is 1. The predicted octanol–water partition coefficient (Wildman–Crippen LogP) is 1.58. The highest BCUT2D eigenvalue weighted by Gasteiger charge is 2.44. The minimum absolute atomic E-state index is 0.232. The van der Waals surface area contributed by atoms with Crippen molar-refractivity contribution in [2.75, 3.05) is 13.1 Å². The van der Waals surface area contributed by atoms with Gasteiger partial charge in [-0.1, -0.05) is 6.92 Å². The Morgan fingerprint density at radius 3 is 3.08 bits per heavy atom. The van der Waals surface area contributed by atoms with Crippen LogP contribution in [-0.2, 0) is 0 Å². The predicted molar refractivity (Wildman–Crippen MR) is 51.2 cm³/mol. The van der Waals surface area contributed by atoms with Gasteiger partial charge >= 0.3 is 6.03 Å². The van der Waals surface area contributed by atoms with Gasteiger partial charge in [-0.15, -0.1) is 0 Å². The lowest BCUT2D eigenvalue weighted by molar-refractivity contribution is 0.114. The first kappa shape index (κ1) is 8.85. The van der Waals surface area contributed by atoms with Crippen LogP contribution in [0.3, 0.4) is 0 Å². The second-order valence-electron chi connectivity index (χ2n) is 4.68. The van der Waals surface area contributed by atoms with Crippen LogP contribution in [0.4, 0.5) is 4.79 Å². The van der Waals surface area contributed by atoms with Gasteiger partial charge in [0.15, 0.2) is 0 Å². The van der Waals surface area contributed by atoms with E-state index in [9.17, 15) is 4.79 Å². The van der Waals surface area contributed by atoms with Crippen molar-refractivity contribution in [1.29, 1.82) is 0 Å². The van der Waals surface area contributed by atoms with E-state index in [2.05, 4.69) is 6.92 Å². The van der Waals surface area contributed by atoms with Crippen molar-refractivity contribution in [2.24, 2.45) is 17.1 Å². The lowest BCUT2D eigenvalue weighted by atomic mass is 9.80. The Labute approximate surface area is 79.3 Å². The van der Waals surface area contributed by atoms with E-state index in [4.69, 9.17) is 5.73 Å². The zero-order chi connectivity index (χ0) is 9.47. The number of hydrogen-bond acceptors (Lipinski definition) is 1. The summed E-state index contributed by atoms with van der Waals surface area (Å²) in [5.74, 6) is 0.723. The molecule has 13 heavy (non-hydrogen) atoms. The van der Waals surface area contributed by atoms with Gasteiger partial charge in [0.25, 0.3) is 0 Å². The van der Waals surface area contributed by atoms with Crippen LogP contribution >= 0.6 is 0 Å². The number of amides is 2. The Kier molecular flexibility index (Phi) is 1.97. The average molecular weight is 182 g/mol. The number of fused-ring (bicyclic) bond motifs is 2. The summed E-state index contributed by atoms with van der Waals surface area (Å²) in [6.45, 7) is 4.03. The first-order valence-electron chi connectivity index (χ1n) is 5.19. The fraction of sp³-hybridized carbons (Fsp3) is 0.900. The molecule has 2 aliphatic rings. The second kappa shape index (κ2) is 2.89. The van der Waals surface area contributed by atoms with Crippen molar-refractivity contribution in [1.82, 2.24) is 4.90 Å². The van der Waals surface area contributed by atoms with Gasteiger partial charge in [-0.2, -0.15) is 0 Å². The minimum Gasteiger partial charge on any atom is -0.351 e. The van der Waals surface area contributed by atoms with Crippen molar-refractivity contribution in [3.63, 3.8) is 0 Å². The third-order valence-corrected chi connectivity index (χ3v) is 3.87. The largest absolute Gasteiger partial charge is 0.351 e. The van der Waals surface area contributed by atoms with Crippen LogP contribution in [0.2, 0.25) is 0 Å². The highest BCUT2D eigenvalue weighted by atomic mass is 16.2. The minimum atomic E-state index is -0.232. The van der Waals surface area contributed by atoms with Crippen molar-refractivity contribution < 1.29 is 4.79 Å². The normalized spacial score (nSPS) is 37.9.